The number of carbonyl (C=O) groups is 2. The standard InChI is InChI=1S/C20H33NO4/c1-12(2)5-16(17(22)23)21-18(24)25-19(3,4)20-9-13-6-14(10-20)8-15(7-13)11-20/h12-16H,5-11H2,1-4H3,(H,21,24)(H,22,23). The highest BCUT2D eigenvalue weighted by molar-refractivity contribution is 5.80. The number of rotatable bonds is 6. The van der Waals surface area contributed by atoms with Gasteiger partial charge in [-0.05, 0) is 82.5 Å². The molecular weight excluding hydrogens is 318 g/mol. The van der Waals surface area contributed by atoms with Crippen molar-refractivity contribution < 1.29 is 19.4 Å². The average molecular weight is 351 g/mol. The second kappa shape index (κ2) is 6.48. The molecule has 0 aromatic heterocycles. The van der Waals surface area contributed by atoms with Crippen molar-refractivity contribution in [3.63, 3.8) is 0 Å². The molecule has 4 bridgehead atoms. The van der Waals surface area contributed by atoms with Crippen LogP contribution in [-0.2, 0) is 9.53 Å². The minimum atomic E-state index is -1.00. The quantitative estimate of drug-likeness (QED) is 0.752. The molecule has 0 aliphatic heterocycles. The lowest BCUT2D eigenvalue weighted by atomic mass is 9.46. The third-order valence-corrected chi connectivity index (χ3v) is 6.96. The molecule has 25 heavy (non-hydrogen) atoms. The van der Waals surface area contributed by atoms with E-state index in [1.54, 1.807) is 0 Å². The summed E-state index contributed by atoms with van der Waals surface area (Å²) in [4.78, 5) is 23.8. The first-order valence-corrected chi connectivity index (χ1v) is 9.82. The van der Waals surface area contributed by atoms with Gasteiger partial charge in [-0.25, -0.2) is 9.59 Å². The predicted molar refractivity (Wildman–Crippen MR) is 95.2 cm³/mol. The second-order valence-corrected chi connectivity index (χ2v) is 9.76. The average Bonchev–Trinajstić information content (AvgIpc) is 2.43. The highest BCUT2D eigenvalue weighted by Crippen LogP contribution is 2.64. The van der Waals surface area contributed by atoms with E-state index in [9.17, 15) is 14.7 Å². The number of hydrogen-bond donors (Lipinski definition) is 2. The lowest BCUT2D eigenvalue weighted by Crippen LogP contribution is -2.58. The second-order valence-electron chi connectivity index (χ2n) is 9.76. The molecule has 4 saturated carbocycles. The number of amides is 1. The minimum absolute atomic E-state index is 0.0653. The summed E-state index contributed by atoms with van der Waals surface area (Å²) in [6.07, 6.45) is 7.29. The topological polar surface area (TPSA) is 75.6 Å². The van der Waals surface area contributed by atoms with Crippen molar-refractivity contribution >= 4 is 12.1 Å². The molecule has 1 unspecified atom stereocenters. The summed E-state index contributed by atoms with van der Waals surface area (Å²) in [7, 11) is 0. The molecule has 0 heterocycles. The summed E-state index contributed by atoms with van der Waals surface area (Å²) in [5.74, 6) is 1.54. The molecule has 1 amide bonds. The highest BCUT2D eigenvalue weighted by atomic mass is 16.6. The summed E-state index contributed by atoms with van der Waals surface area (Å²) in [6, 6.07) is -0.889. The fraction of sp³-hybridized carbons (Fsp3) is 0.900. The van der Waals surface area contributed by atoms with Crippen molar-refractivity contribution in [2.24, 2.45) is 29.1 Å². The third-order valence-electron chi connectivity index (χ3n) is 6.96. The van der Waals surface area contributed by atoms with Crippen LogP contribution in [0.2, 0.25) is 0 Å². The molecule has 0 aromatic rings. The molecule has 0 radical (unpaired) electrons. The Balaban J connectivity index is 1.66. The van der Waals surface area contributed by atoms with Gasteiger partial charge in [-0.1, -0.05) is 13.8 Å². The van der Waals surface area contributed by atoms with E-state index in [0.717, 1.165) is 37.0 Å². The van der Waals surface area contributed by atoms with Crippen molar-refractivity contribution in [1.82, 2.24) is 5.32 Å². The number of nitrogens with one attached hydrogen (secondary N) is 1. The number of hydrogen-bond acceptors (Lipinski definition) is 3. The van der Waals surface area contributed by atoms with Crippen molar-refractivity contribution in [2.75, 3.05) is 0 Å². The van der Waals surface area contributed by atoms with Gasteiger partial charge in [0.2, 0.25) is 0 Å². The molecule has 5 heteroatoms. The largest absolute Gasteiger partial charge is 0.480 e. The smallest absolute Gasteiger partial charge is 0.408 e. The van der Waals surface area contributed by atoms with Gasteiger partial charge in [-0.15, -0.1) is 0 Å². The maximum absolute atomic E-state index is 12.5. The number of carbonyl (C=O) groups excluding carboxylic acids is 1. The Kier molecular flexibility index (Phi) is 4.80. The molecule has 0 spiro atoms. The molecule has 4 aliphatic rings. The van der Waals surface area contributed by atoms with E-state index in [1.165, 1.54) is 19.3 Å². The lowest BCUT2D eigenvalue weighted by molar-refractivity contribution is -0.163. The first-order chi connectivity index (χ1) is 11.6. The van der Waals surface area contributed by atoms with Crippen LogP contribution < -0.4 is 5.32 Å². The molecule has 4 aliphatic carbocycles. The van der Waals surface area contributed by atoms with Gasteiger partial charge in [-0.3, -0.25) is 0 Å². The predicted octanol–water partition coefficient (Wildman–Crippen LogP) is 4.21. The maximum atomic E-state index is 12.5. The van der Waals surface area contributed by atoms with Gasteiger partial charge >= 0.3 is 12.1 Å². The number of carboxylic acids is 1. The Hall–Kier alpha value is -1.26. The van der Waals surface area contributed by atoms with E-state index in [-0.39, 0.29) is 11.3 Å². The van der Waals surface area contributed by atoms with Gasteiger partial charge in [-0.2, -0.15) is 0 Å². The first-order valence-electron chi connectivity index (χ1n) is 9.82. The van der Waals surface area contributed by atoms with Crippen LogP contribution in [0.25, 0.3) is 0 Å². The van der Waals surface area contributed by atoms with E-state index in [0.29, 0.717) is 6.42 Å². The van der Waals surface area contributed by atoms with Crippen molar-refractivity contribution in [1.29, 1.82) is 0 Å². The molecule has 0 aromatic carbocycles. The summed E-state index contributed by atoms with van der Waals surface area (Å²) in [5, 5.41) is 11.9. The van der Waals surface area contributed by atoms with Gasteiger partial charge in [0.25, 0.3) is 0 Å². The van der Waals surface area contributed by atoms with E-state index < -0.39 is 23.7 Å². The van der Waals surface area contributed by atoms with Crippen LogP contribution in [-0.4, -0.2) is 28.8 Å². The zero-order valence-corrected chi connectivity index (χ0v) is 16.0. The zero-order valence-electron chi connectivity index (χ0n) is 16.0. The summed E-state index contributed by atoms with van der Waals surface area (Å²) >= 11 is 0. The summed E-state index contributed by atoms with van der Waals surface area (Å²) < 4.78 is 5.87. The third kappa shape index (κ3) is 3.65. The zero-order chi connectivity index (χ0) is 18.4. The fourth-order valence-electron chi connectivity index (χ4n) is 6.05. The van der Waals surface area contributed by atoms with Gasteiger partial charge in [0, 0.05) is 5.41 Å². The van der Waals surface area contributed by atoms with E-state index >= 15 is 0 Å². The normalized spacial score (nSPS) is 34.8. The van der Waals surface area contributed by atoms with Crippen LogP contribution in [0.1, 0.15) is 72.6 Å². The maximum Gasteiger partial charge on any atom is 0.408 e. The van der Waals surface area contributed by atoms with Crippen LogP contribution in [0.3, 0.4) is 0 Å². The van der Waals surface area contributed by atoms with Crippen LogP contribution in [0, 0.1) is 29.1 Å². The Labute approximate surface area is 150 Å². The van der Waals surface area contributed by atoms with Crippen molar-refractivity contribution in [2.45, 2.75) is 84.3 Å². The molecule has 5 nitrogen and oxygen atoms in total. The van der Waals surface area contributed by atoms with Gasteiger partial charge in [0.15, 0.2) is 0 Å². The molecule has 2 N–H and O–H groups in total. The number of aliphatic carboxylic acids is 1. The highest BCUT2D eigenvalue weighted by Gasteiger charge is 2.58. The number of carboxylic acid groups (broad SMARTS) is 1. The molecule has 4 rings (SSSR count). The van der Waals surface area contributed by atoms with Gasteiger partial charge in [0.05, 0.1) is 0 Å². The fourth-order valence-corrected chi connectivity index (χ4v) is 6.05. The number of alkyl carbamates (subject to hydrolysis) is 1. The lowest BCUT2D eigenvalue weighted by Gasteiger charge is -2.61. The molecular formula is C20H33NO4. The summed E-state index contributed by atoms with van der Waals surface area (Å²) in [5.41, 5.74) is -0.496. The molecule has 142 valence electrons. The van der Waals surface area contributed by atoms with Crippen LogP contribution in [0.4, 0.5) is 4.79 Å². The van der Waals surface area contributed by atoms with Gasteiger partial charge in [0.1, 0.15) is 11.6 Å². The van der Waals surface area contributed by atoms with Gasteiger partial charge < -0.3 is 15.2 Å². The SMILES string of the molecule is CC(C)CC(NC(=O)OC(C)(C)C12CC3CC(CC(C3)C1)C2)C(=O)O. The number of ether oxygens (including phenoxy) is 1. The van der Waals surface area contributed by atoms with E-state index in [1.807, 2.05) is 27.7 Å². The summed E-state index contributed by atoms with van der Waals surface area (Å²) in [6.45, 7) is 7.94. The Bertz CT molecular complexity index is 505. The Morgan fingerprint density at radius 3 is 2.00 bits per heavy atom. The van der Waals surface area contributed by atoms with Crippen LogP contribution in [0.15, 0.2) is 0 Å². The first kappa shape index (κ1) is 18.5. The Morgan fingerprint density at radius 2 is 1.60 bits per heavy atom. The van der Waals surface area contributed by atoms with E-state index in [4.69, 9.17) is 4.74 Å². The monoisotopic (exact) mass is 351 g/mol. The molecule has 1 atom stereocenters. The van der Waals surface area contributed by atoms with E-state index in [2.05, 4.69) is 5.32 Å². The van der Waals surface area contributed by atoms with Crippen LogP contribution in [0.5, 0.6) is 0 Å². The molecule has 0 saturated heterocycles. The Morgan fingerprint density at radius 1 is 1.12 bits per heavy atom. The van der Waals surface area contributed by atoms with Crippen molar-refractivity contribution in [3.05, 3.63) is 0 Å². The van der Waals surface area contributed by atoms with Crippen molar-refractivity contribution in [3.8, 4) is 0 Å². The minimum Gasteiger partial charge on any atom is -0.480 e. The molecule has 4 fully saturated rings. The van der Waals surface area contributed by atoms with Crippen LogP contribution >= 0.6 is 0 Å².